The molecule has 0 aliphatic carbocycles. The van der Waals surface area contributed by atoms with E-state index in [2.05, 4.69) is 47.9 Å². The molecular formula is C29H33N7O2. The lowest BCUT2D eigenvalue weighted by atomic mass is 9.94. The topological polar surface area (TPSA) is 90.5 Å². The number of carbonyl (C=O) groups is 1. The Morgan fingerprint density at radius 3 is 2.82 bits per heavy atom. The van der Waals surface area contributed by atoms with Gasteiger partial charge in [0, 0.05) is 42.5 Å². The predicted molar refractivity (Wildman–Crippen MR) is 147 cm³/mol. The van der Waals surface area contributed by atoms with Crippen molar-refractivity contribution in [1.82, 2.24) is 29.7 Å². The van der Waals surface area contributed by atoms with E-state index >= 15 is 0 Å². The Balaban J connectivity index is 1.09. The number of benzene rings is 2. The first kappa shape index (κ1) is 23.4. The van der Waals surface area contributed by atoms with Gasteiger partial charge in [-0.2, -0.15) is 0 Å². The fourth-order valence-electron chi connectivity index (χ4n) is 6.41. The van der Waals surface area contributed by atoms with Gasteiger partial charge in [0.2, 0.25) is 0 Å². The van der Waals surface area contributed by atoms with Crippen LogP contribution in [0.5, 0.6) is 5.75 Å². The molecule has 196 valence electrons. The molecule has 2 saturated heterocycles. The van der Waals surface area contributed by atoms with Gasteiger partial charge in [-0.1, -0.05) is 24.6 Å². The van der Waals surface area contributed by atoms with Crippen molar-refractivity contribution < 1.29 is 9.53 Å². The average molecular weight is 512 g/mol. The van der Waals surface area contributed by atoms with E-state index in [-0.39, 0.29) is 11.9 Å². The van der Waals surface area contributed by atoms with E-state index < -0.39 is 0 Å². The van der Waals surface area contributed by atoms with Crippen LogP contribution in [-0.2, 0) is 6.54 Å². The molecule has 2 aromatic heterocycles. The quantitative estimate of drug-likeness (QED) is 0.401. The number of amides is 1. The van der Waals surface area contributed by atoms with E-state index in [0.29, 0.717) is 18.8 Å². The van der Waals surface area contributed by atoms with Crippen LogP contribution in [0.25, 0.3) is 21.9 Å². The highest BCUT2D eigenvalue weighted by Crippen LogP contribution is 2.36. The van der Waals surface area contributed by atoms with Gasteiger partial charge in [-0.05, 0) is 56.5 Å². The molecule has 9 heteroatoms. The number of H-pyrrole nitrogens is 1. The van der Waals surface area contributed by atoms with E-state index in [1.807, 2.05) is 17.0 Å². The summed E-state index contributed by atoms with van der Waals surface area (Å²) in [6.07, 6.45) is 9.22. The molecule has 0 spiro atoms. The zero-order valence-electron chi connectivity index (χ0n) is 21.6. The monoisotopic (exact) mass is 511 g/mol. The van der Waals surface area contributed by atoms with E-state index in [4.69, 9.17) is 4.74 Å². The average Bonchev–Trinajstić information content (AvgIpc) is 3.64. The number of anilines is 1. The third-order valence-electron chi connectivity index (χ3n) is 8.38. The van der Waals surface area contributed by atoms with Gasteiger partial charge in [-0.25, -0.2) is 15.0 Å². The second kappa shape index (κ2) is 9.87. The van der Waals surface area contributed by atoms with Crippen LogP contribution in [0.2, 0.25) is 0 Å². The molecule has 2 aromatic carbocycles. The summed E-state index contributed by atoms with van der Waals surface area (Å²) in [5, 5.41) is 2.06. The van der Waals surface area contributed by atoms with Gasteiger partial charge in [0.25, 0.3) is 5.91 Å². The molecule has 4 aromatic rings. The van der Waals surface area contributed by atoms with Crippen molar-refractivity contribution in [3.63, 3.8) is 0 Å². The minimum Gasteiger partial charge on any atom is -0.491 e. The molecule has 38 heavy (non-hydrogen) atoms. The van der Waals surface area contributed by atoms with Gasteiger partial charge < -0.3 is 24.4 Å². The Morgan fingerprint density at radius 2 is 1.89 bits per heavy atom. The van der Waals surface area contributed by atoms with Crippen LogP contribution in [0, 0.1) is 0 Å². The van der Waals surface area contributed by atoms with Crippen LogP contribution >= 0.6 is 0 Å². The van der Waals surface area contributed by atoms with E-state index in [1.54, 1.807) is 12.7 Å². The van der Waals surface area contributed by atoms with E-state index in [1.165, 1.54) is 24.8 Å². The van der Waals surface area contributed by atoms with Gasteiger partial charge in [-0.15, -0.1) is 0 Å². The number of ether oxygens (including phenoxy) is 1. The molecule has 1 amide bonds. The van der Waals surface area contributed by atoms with Gasteiger partial charge >= 0.3 is 0 Å². The summed E-state index contributed by atoms with van der Waals surface area (Å²) >= 11 is 0. The molecule has 0 saturated carbocycles. The molecule has 1 atom stereocenters. The maximum atomic E-state index is 13.5. The highest BCUT2D eigenvalue weighted by molar-refractivity contribution is 6.11. The molecule has 3 aliphatic rings. The summed E-state index contributed by atoms with van der Waals surface area (Å²) in [5.74, 6) is 1.85. The summed E-state index contributed by atoms with van der Waals surface area (Å²) in [4.78, 5) is 36.6. The maximum absolute atomic E-state index is 13.5. The molecule has 0 radical (unpaired) electrons. The predicted octanol–water partition coefficient (Wildman–Crippen LogP) is 4.00. The van der Waals surface area contributed by atoms with Crippen molar-refractivity contribution in [3.05, 3.63) is 54.1 Å². The van der Waals surface area contributed by atoms with Crippen LogP contribution in [0.3, 0.4) is 0 Å². The largest absolute Gasteiger partial charge is 0.491 e. The zero-order chi connectivity index (χ0) is 25.5. The van der Waals surface area contributed by atoms with Crippen molar-refractivity contribution in [2.75, 3.05) is 44.2 Å². The first-order valence-corrected chi connectivity index (χ1v) is 13.9. The molecule has 1 N–H and O–H groups in total. The third-order valence-corrected chi connectivity index (χ3v) is 8.38. The molecule has 0 unspecified atom stereocenters. The zero-order valence-corrected chi connectivity index (χ0v) is 21.6. The lowest BCUT2D eigenvalue weighted by molar-refractivity contribution is 0.0710. The third kappa shape index (κ3) is 4.15. The Labute approximate surface area is 221 Å². The fourth-order valence-corrected chi connectivity index (χ4v) is 6.41. The number of aromatic nitrogens is 4. The minimum atomic E-state index is 0.131. The SMILES string of the molecule is O=C1c2cccc3c(OC[C@H]4CCCN4c4ncnc5nc[nH]c45)ccc(c23)CN1CCN1CCCCC1. The van der Waals surface area contributed by atoms with Crippen molar-refractivity contribution in [1.29, 1.82) is 0 Å². The first-order valence-electron chi connectivity index (χ1n) is 13.9. The second-order valence-corrected chi connectivity index (χ2v) is 10.7. The Bertz CT molecular complexity index is 1480. The number of carbonyl (C=O) groups excluding carboxylic acids is 1. The number of piperidine rings is 1. The van der Waals surface area contributed by atoms with Crippen LogP contribution in [0.4, 0.5) is 5.82 Å². The van der Waals surface area contributed by atoms with Crippen molar-refractivity contribution in [3.8, 4) is 5.75 Å². The lowest BCUT2D eigenvalue weighted by Crippen LogP contribution is -2.41. The number of imidazole rings is 1. The summed E-state index contributed by atoms with van der Waals surface area (Å²) in [6.45, 7) is 6.16. The standard InChI is InChI=1S/C29H33N7O2/c37-29-23-8-4-7-22-24(10-9-20(25(22)23)16-35(29)15-14-34-11-2-1-3-12-34)38-17-21-6-5-13-36(21)28-26-27(31-18-30-26)32-19-33-28/h4,7-10,18-19,21H,1-3,5-6,11-17H2,(H,30,31,32,33)/t21-/m1/s1. The Morgan fingerprint density at radius 1 is 0.974 bits per heavy atom. The normalized spacial score (nSPS) is 20.1. The van der Waals surface area contributed by atoms with Crippen LogP contribution < -0.4 is 9.64 Å². The molecule has 2 fully saturated rings. The van der Waals surface area contributed by atoms with Crippen molar-refractivity contribution in [2.45, 2.75) is 44.7 Å². The molecule has 7 rings (SSSR count). The minimum absolute atomic E-state index is 0.131. The van der Waals surface area contributed by atoms with Crippen LogP contribution in [-0.4, -0.2) is 81.0 Å². The molecular weight excluding hydrogens is 478 g/mol. The van der Waals surface area contributed by atoms with Crippen LogP contribution in [0.1, 0.15) is 48.0 Å². The second-order valence-electron chi connectivity index (χ2n) is 10.7. The van der Waals surface area contributed by atoms with Gasteiger partial charge in [-0.3, -0.25) is 4.79 Å². The van der Waals surface area contributed by atoms with Gasteiger partial charge in [0.15, 0.2) is 11.5 Å². The molecule has 5 heterocycles. The van der Waals surface area contributed by atoms with Crippen molar-refractivity contribution in [2.24, 2.45) is 0 Å². The number of fused-ring (bicyclic) bond motifs is 1. The number of hydrogen-bond donors (Lipinski definition) is 1. The number of nitrogens with one attached hydrogen (secondary N) is 1. The number of aromatic amines is 1. The summed E-state index contributed by atoms with van der Waals surface area (Å²) < 4.78 is 6.47. The molecule has 9 nitrogen and oxygen atoms in total. The van der Waals surface area contributed by atoms with Gasteiger partial charge in [0.05, 0.1) is 12.4 Å². The Kier molecular flexibility index (Phi) is 6.08. The van der Waals surface area contributed by atoms with E-state index in [0.717, 1.165) is 79.0 Å². The maximum Gasteiger partial charge on any atom is 0.254 e. The summed E-state index contributed by atoms with van der Waals surface area (Å²) in [5.41, 5.74) is 3.54. The van der Waals surface area contributed by atoms with E-state index in [9.17, 15) is 4.79 Å². The van der Waals surface area contributed by atoms with Crippen molar-refractivity contribution >= 4 is 33.7 Å². The highest BCUT2D eigenvalue weighted by atomic mass is 16.5. The lowest BCUT2D eigenvalue weighted by Gasteiger charge is -2.33. The van der Waals surface area contributed by atoms with Gasteiger partial charge in [0.1, 0.15) is 24.2 Å². The number of hydrogen-bond acceptors (Lipinski definition) is 7. The molecule has 0 bridgehead atoms. The summed E-state index contributed by atoms with van der Waals surface area (Å²) in [6, 6.07) is 10.5. The fraction of sp³-hybridized carbons (Fsp3) is 0.448. The number of likely N-dealkylation sites (tertiary alicyclic amines) is 1. The summed E-state index contributed by atoms with van der Waals surface area (Å²) in [7, 11) is 0. The molecule has 3 aliphatic heterocycles. The first-order chi connectivity index (χ1) is 18.8. The number of rotatable bonds is 7. The number of nitrogens with zero attached hydrogens (tertiary/aromatic N) is 6. The Hall–Kier alpha value is -3.72. The highest BCUT2D eigenvalue weighted by Gasteiger charge is 2.30. The van der Waals surface area contributed by atoms with Crippen LogP contribution in [0.15, 0.2) is 43.0 Å². The smallest absolute Gasteiger partial charge is 0.254 e.